The van der Waals surface area contributed by atoms with E-state index in [0.717, 1.165) is 50.0 Å². The number of benzene rings is 8. The molecule has 11 rings (SSSR count). The highest BCUT2D eigenvalue weighted by molar-refractivity contribution is 6.28. The molecule has 0 aliphatic carbocycles. The summed E-state index contributed by atoms with van der Waals surface area (Å²) in [5.74, 6) is 0.652. The number of hydrogen-bond donors (Lipinski definition) is 0. The topological polar surface area (TPSA) is 35.6 Å². The molecule has 0 spiro atoms. The van der Waals surface area contributed by atoms with E-state index in [9.17, 15) is 0 Å². The zero-order valence-corrected chi connectivity index (χ0v) is 29.0. The second-order valence-electron chi connectivity index (χ2n) is 13.9. The number of rotatable bonds is 4. The molecule has 0 fully saturated rings. The van der Waals surface area contributed by atoms with Crippen molar-refractivity contribution in [1.29, 1.82) is 0 Å². The Morgan fingerprint density at radius 3 is 1.77 bits per heavy atom. The maximum atomic E-state index is 5.47. The van der Waals surface area contributed by atoms with Crippen molar-refractivity contribution in [3.63, 3.8) is 0 Å². The molecule has 0 unspecified atom stereocenters. The number of fused-ring (bicyclic) bond motifs is 9. The van der Waals surface area contributed by atoms with E-state index >= 15 is 0 Å². The zero-order chi connectivity index (χ0) is 35.0. The van der Waals surface area contributed by atoms with Crippen LogP contribution in [0.5, 0.6) is 0 Å². The minimum atomic E-state index is 0.652. The summed E-state index contributed by atoms with van der Waals surface area (Å²) in [6, 6.07) is 63.0. The van der Waals surface area contributed by atoms with Gasteiger partial charge >= 0.3 is 0 Å². The number of aryl methyl sites for hydroxylation is 1. The fourth-order valence-corrected chi connectivity index (χ4v) is 8.29. The first-order valence-electron chi connectivity index (χ1n) is 18.1. The van der Waals surface area contributed by atoms with E-state index in [1.807, 2.05) is 0 Å². The molecule has 8 aromatic carbocycles. The molecule has 0 radical (unpaired) electrons. The molecule has 0 N–H and O–H groups in total. The van der Waals surface area contributed by atoms with E-state index in [0.29, 0.717) is 5.95 Å². The van der Waals surface area contributed by atoms with Gasteiger partial charge in [-0.15, -0.1) is 0 Å². The maximum Gasteiger partial charge on any atom is 0.235 e. The first-order valence-corrected chi connectivity index (χ1v) is 18.1. The second kappa shape index (κ2) is 11.5. The molecule has 11 aromatic rings. The van der Waals surface area contributed by atoms with Crippen LogP contribution in [-0.2, 0) is 0 Å². The predicted octanol–water partition coefficient (Wildman–Crippen LogP) is 12.6. The summed E-state index contributed by atoms with van der Waals surface area (Å²) in [7, 11) is 0. The Morgan fingerprint density at radius 2 is 1.02 bits per heavy atom. The van der Waals surface area contributed by atoms with Gasteiger partial charge in [-0.05, 0) is 83.4 Å². The van der Waals surface area contributed by atoms with Crippen molar-refractivity contribution in [1.82, 2.24) is 19.1 Å². The van der Waals surface area contributed by atoms with Crippen LogP contribution in [0.15, 0.2) is 176 Å². The Balaban J connectivity index is 1.24. The maximum absolute atomic E-state index is 5.47. The van der Waals surface area contributed by atoms with Gasteiger partial charge in [-0.3, -0.25) is 4.57 Å². The first kappa shape index (κ1) is 29.7. The lowest BCUT2D eigenvalue weighted by Crippen LogP contribution is -2.03. The number of nitrogens with zero attached hydrogens (tertiary/aromatic N) is 4. The van der Waals surface area contributed by atoms with E-state index in [1.54, 1.807) is 0 Å². The molecule has 0 bridgehead atoms. The highest BCUT2D eigenvalue weighted by Gasteiger charge is 2.22. The second-order valence-corrected chi connectivity index (χ2v) is 13.9. The lowest BCUT2D eigenvalue weighted by atomic mass is 9.99. The first-order chi connectivity index (χ1) is 26.2. The van der Waals surface area contributed by atoms with Crippen molar-refractivity contribution in [2.45, 2.75) is 6.92 Å². The minimum Gasteiger partial charge on any atom is -0.309 e. The van der Waals surface area contributed by atoms with Crippen LogP contribution in [0.3, 0.4) is 0 Å². The predicted molar refractivity (Wildman–Crippen MR) is 221 cm³/mol. The van der Waals surface area contributed by atoms with Gasteiger partial charge in [0.1, 0.15) is 0 Å². The van der Waals surface area contributed by atoms with Gasteiger partial charge in [0.05, 0.1) is 33.3 Å². The summed E-state index contributed by atoms with van der Waals surface area (Å²) in [5.41, 5.74) is 12.1. The average molecular weight is 677 g/mol. The summed E-state index contributed by atoms with van der Waals surface area (Å²) in [6.45, 7) is 2.14. The third-order valence-corrected chi connectivity index (χ3v) is 10.8. The molecular weight excluding hydrogens is 645 g/mol. The van der Waals surface area contributed by atoms with Gasteiger partial charge in [-0.2, -0.15) is 0 Å². The van der Waals surface area contributed by atoms with Crippen molar-refractivity contribution in [2.75, 3.05) is 0 Å². The largest absolute Gasteiger partial charge is 0.309 e. The molecule has 0 aliphatic heterocycles. The normalized spacial score (nSPS) is 11.9. The molecule has 4 nitrogen and oxygen atoms in total. The van der Waals surface area contributed by atoms with Crippen molar-refractivity contribution in [3.8, 4) is 34.0 Å². The SMILES string of the molecule is Cc1ccc(-n2c3ccccc3c3c4c5ccccc5n(-c5nc(-c6ccc7ccccc7c6)c6ccc(-c7ccccc7)cc6n5)c4ccc32)cc1. The van der Waals surface area contributed by atoms with Crippen LogP contribution >= 0.6 is 0 Å². The number of hydrogen-bond acceptors (Lipinski definition) is 2. The van der Waals surface area contributed by atoms with Gasteiger partial charge in [-0.1, -0.05) is 127 Å². The van der Waals surface area contributed by atoms with Crippen molar-refractivity contribution in [2.24, 2.45) is 0 Å². The lowest BCUT2D eigenvalue weighted by molar-refractivity contribution is 1.01. The molecule has 0 saturated heterocycles. The molecule has 3 aromatic heterocycles. The molecule has 0 amide bonds. The molecule has 0 aliphatic rings. The van der Waals surface area contributed by atoms with Crippen LogP contribution in [0.25, 0.3) is 99.3 Å². The van der Waals surface area contributed by atoms with Crippen LogP contribution in [0.1, 0.15) is 5.56 Å². The fourth-order valence-electron chi connectivity index (χ4n) is 8.29. The Labute approximate surface area is 305 Å². The molecule has 248 valence electrons. The van der Waals surface area contributed by atoms with Gasteiger partial charge in [0.25, 0.3) is 0 Å². The standard InChI is InChI=1S/C49H32N4/c1-31-19-24-37(25-20-31)52-42-17-9-7-15-39(42)46-44(52)27-28-45-47(46)40-16-8-10-18-43(40)53(45)49-50-41-30-35(32-11-3-2-4-12-32)23-26-38(41)48(51-49)36-22-21-33-13-5-6-14-34(33)29-36/h2-30H,1H3. The quantitative estimate of drug-likeness (QED) is 0.186. The van der Waals surface area contributed by atoms with E-state index in [4.69, 9.17) is 9.97 Å². The van der Waals surface area contributed by atoms with Crippen LogP contribution in [-0.4, -0.2) is 19.1 Å². The van der Waals surface area contributed by atoms with Gasteiger partial charge in [0.15, 0.2) is 0 Å². The third-order valence-electron chi connectivity index (χ3n) is 10.8. The summed E-state index contributed by atoms with van der Waals surface area (Å²) < 4.78 is 4.66. The minimum absolute atomic E-state index is 0.652. The van der Waals surface area contributed by atoms with E-state index < -0.39 is 0 Å². The van der Waals surface area contributed by atoms with Crippen LogP contribution in [0.2, 0.25) is 0 Å². The average Bonchev–Trinajstić information content (AvgIpc) is 3.73. The Kier molecular flexibility index (Phi) is 6.43. The molecule has 0 atom stereocenters. The van der Waals surface area contributed by atoms with Crippen molar-refractivity contribution < 1.29 is 0 Å². The van der Waals surface area contributed by atoms with Crippen LogP contribution in [0, 0.1) is 6.92 Å². The number of para-hydroxylation sites is 2. The van der Waals surface area contributed by atoms with E-state index in [2.05, 4.69) is 192 Å². The summed E-state index contributed by atoms with van der Waals surface area (Å²) in [5, 5.41) is 8.24. The molecular formula is C49H32N4. The Hall–Kier alpha value is -7.04. The molecule has 4 heteroatoms. The Morgan fingerprint density at radius 1 is 0.396 bits per heavy atom. The highest BCUT2D eigenvalue weighted by Crippen LogP contribution is 2.42. The summed E-state index contributed by atoms with van der Waals surface area (Å²) in [6.07, 6.45) is 0. The van der Waals surface area contributed by atoms with Crippen LogP contribution in [0.4, 0.5) is 0 Å². The number of aromatic nitrogens is 4. The van der Waals surface area contributed by atoms with Gasteiger partial charge < -0.3 is 4.57 Å². The Bertz CT molecular complexity index is 3220. The third kappa shape index (κ3) is 4.56. The van der Waals surface area contributed by atoms with Gasteiger partial charge in [-0.25, -0.2) is 9.97 Å². The molecule has 0 saturated carbocycles. The highest BCUT2D eigenvalue weighted by atomic mass is 15.2. The monoisotopic (exact) mass is 676 g/mol. The van der Waals surface area contributed by atoms with E-state index in [-0.39, 0.29) is 0 Å². The van der Waals surface area contributed by atoms with Crippen molar-refractivity contribution in [3.05, 3.63) is 181 Å². The molecule has 53 heavy (non-hydrogen) atoms. The van der Waals surface area contributed by atoms with E-state index in [1.165, 1.54) is 48.9 Å². The summed E-state index contributed by atoms with van der Waals surface area (Å²) >= 11 is 0. The lowest BCUT2D eigenvalue weighted by Gasteiger charge is -2.13. The smallest absolute Gasteiger partial charge is 0.235 e. The zero-order valence-electron chi connectivity index (χ0n) is 29.0. The van der Waals surface area contributed by atoms with Crippen LogP contribution < -0.4 is 0 Å². The van der Waals surface area contributed by atoms with Gasteiger partial charge in [0, 0.05) is 38.2 Å². The van der Waals surface area contributed by atoms with Crippen molar-refractivity contribution >= 4 is 65.3 Å². The van der Waals surface area contributed by atoms with Gasteiger partial charge in [0.2, 0.25) is 5.95 Å². The fraction of sp³-hybridized carbons (Fsp3) is 0.0204. The molecule has 3 heterocycles. The summed E-state index contributed by atoms with van der Waals surface area (Å²) in [4.78, 5) is 10.9.